The van der Waals surface area contributed by atoms with Gasteiger partial charge < -0.3 is 4.74 Å². The molecule has 1 aromatic carbocycles. The van der Waals surface area contributed by atoms with Gasteiger partial charge in [0, 0.05) is 26.5 Å². The van der Waals surface area contributed by atoms with E-state index in [0.29, 0.717) is 11.6 Å². The van der Waals surface area contributed by atoms with Crippen molar-refractivity contribution < 1.29 is 19.2 Å². The fourth-order valence-electron chi connectivity index (χ4n) is 2.85. The lowest BCUT2D eigenvalue weighted by Crippen LogP contribution is -2.32. The van der Waals surface area contributed by atoms with E-state index in [4.69, 9.17) is 9.57 Å². The van der Waals surface area contributed by atoms with Gasteiger partial charge in [0.2, 0.25) is 0 Å². The maximum Gasteiger partial charge on any atom is 0.447 e. The van der Waals surface area contributed by atoms with Crippen molar-refractivity contribution in [2.24, 2.45) is 5.16 Å². The van der Waals surface area contributed by atoms with Crippen molar-refractivity contribution in [2.45, 2.75) is 44.5 Å². The van der Waals surface area contributed by atoms with Crippen LogP contribution in [0.2, 0.25) is 0 Å². The van der Waals surface area contributed by atoms with E-state index in [2.05, 4.69) is 10.1 Å². The molecule has 3 rings (SSSR count). The van der Waals surface area contributed by atoms with Gasteiger partial charge in [-0.05, 0) is 63.4 Å². The van der Waals surface area contributed by atoms with E-state index in [1.807, 2.05) is 34.6 Å². The van der Waals surface area contributed by atoms with E-state index in [0.717, 1.165) is 38.3 Å². The number of benzene rings is 1. The molecule has 2 amide bonds. The molecule has 11 heteroatoms. The lowest BCUT2D eigenvalue weighted by Gasteiger charge is -2.21. The molecule has 0 saturated heterocycles. The Morgan fingerprint density at radius 3 is 2.39 bits per heavy atom. The molecule has 0 unspecified atom stereocenters. The average molecular weight is 464 g/mol. The van der Waals surface area contributed by atoms with Crippen molar-refractivity contribution in [1.29, 1.82) is 0 Å². The second kappa shape index (κ2) is 8.83. The van der Waals surface area contributed by atoms with Gasteiger partial charge >= 0.3 is 12.2 Å². The van der Waals surface area contributed by atoms with E-state index in [9.17, 15) is 9.59 Å². The number of oxime groups is 1. The Morgan fingerprint density at radius 2 is 1.74 bits per heavy atom. The molecular weight excluding hydrogens is 438 g/mol. The number of aromatic nitrogens is 2. The van der Waals surface area contributed by atoms with Gasteiger partial charge in [-0.15, -0.1) is 0 Å². The van der Waals surface area contributed by atoms with Gasteiger partial charge in [0.15, 0.2) is 11.0 Å². The van der Waals surface area contributed by atoms with Crippen molar-refractivity contribution in [3.63, 3.8) is 0 Å². The summed E-state index contributed by atoms with van der Waals surface area (Å²) < 4.78 is 9.16. The Labute approximate surface area is 190 Å². The van der Waals surface area contributed by atoms with Crippen molar-refractivity contribution in [3.8, 4) is 5.75 Å². The predicted molar refractivity (Wildman–Crippen MR) is 121 cm³/mol. The fourth-order valence-corrected chi connectivity index (χ4v) is 4.47. The van der Waals surface area contributed by atoms with Crippen molar-refractivity contribution >= 4 is 41.9 Å². The third kappa shape index (κ3) is 4.99. The van der Waals surface area contributed by atoms with Crippen LogP contribution < -0.4 is 4.74 Å². The summed E-state index contributed by atoms with van der Waals surface area (Å²) in [5.41, 5.74) is 3.22. The third-order valence-corrected chi connectivity index (χ3v) is 6.76. The van der Waals surface area contributed by atoms with Gasteiger partial charge in [-0.1, -0.05) is 16.9 Å². The van der Waals surface area contributed by atoms with Crippen LogP contribution in [0.15, 0.2) is 34.8 Å². The third-order valence-electron chi connectivity index (χ3n) is 4.80. The number of hydrogen-bond acceptors (Lipinski definition) is 8. The Kier molecular flexibility index (Phi) is 6.56. The lowest BCUT2D eigenvalue weighted by atomic mass is 10.0. The predicted octanol–water partition coefficient (Wildman–Crippen LogP) is 4.62. The van der Waals surface area contributed by atoms with Crippen LogP contribution >= 0.6 is 23.9 Å². The van der Waals surface area contributed by atoms with E-state index in [-0.39, 0.29) is 4.75 Å². The maximum atomic E-state index is 12.4. The quantitative estimate of drug-likeness (QED) is 0.371. The number of imidazole rings is 1. The molecule has 0 saturated carbocycles. The van der Waals surface area contributed by atoms with Crippen LogP contribution in [-0.4, -0.2) is 55.0 Å². The summed E-state index contributed by atoms with van der Waals surface area (Å²) in [4.78, 5) is 34.1. The number of aryl methyl sites for hydroxylation is 2. The van der Waals surface area contributed by atoms with Crippen molar-refractivity contribution in [1.82, 2.24) is 18.2 Å². The molecule has 0 N–H and O–H groups in total. The van der Waals surface area contributed by atoms with Gasteiger partial charge in [0.25, 0.3) is 0 Å². The van der Waals surface area contributed by atoms with Gasteiger partial charge in [0.05, 0.1) is 16.9 Å². The molecule has 9 nitrogen and oxygen atoms in total. The number of amides is 2. The van der Waals surface area contributed by atoms with Crippen LogP contribution in [0.4, 0.5) is 9.59 Å². The number of fused-ring (bicyclic) bond motifs is 1. The van der Waals surface area contributed by atoms with E-state index >= 15 is 0 Å². The van der Waals surface area contributed by atoms with Gasteiger partial charge in [-0.2, -0.15) is 0 Å². The number of carbonyl (C=O) groups excluding carboxylic acids is 2. The topological polar surface area (TPSA) is 89.3 Å². The molecule has 166 valence electrons. The van der Waals surface area contributed by atoms with Crippen LogP contribution in [0.1, 0.15) is 30.5 Å². The molecule has 0 bridgehead atoms. The highest BCUT2D eigenvalue weighted by Gasteiger charge is 2.38. The minimum atomic E-state index is -0.728. The average Bonchev–Trinajstić information content (AvgIpc) is 3.21. The number of thioether (sulfide) groups is 1. The Balaban J connectivity index is 1.59. The van der Waals surface area contributed by atoms with Gasteiger partial charge in [-0.3, -0.25) is 9.40 Å². The Hall–Kier alpha value is -2.66. The minimum Gasteiger partial charge on any atom is -0.410 e. The second-order valence-electron chi connectivity index (χ2n) is 7.59. The molecule has 2 aromatic rings. The number of carbonyl (C=O) groups is 2. The van der Waals surface area contributed by atoms with Crippen LogP contribution in [-0.2, 0) is 4.84 Å². The first-order valence-electron chi connectivity index (χ1n) is 9.47. The normalized spacial score (nSPS) is 15.5. The molecule has 1 aromatic heterocycles. The Bertz CT molecular complexity index is 1030. The second-order valence-corrected chi connectivity index (χ2v) is 10.4. The highest BCUT2D eigenvalue weighted by atomic mass is 32.2. The molecule has 0 radical (unpaired) electrons. The molecular formula is C20H25N5O4S2. The molecule has 0 aliphatic carbocycles. The van der Waals surface area contributed by atoms with E-state index < -0.39 is 12.2 Å². The summed E-state index contributed by atoms with van der Waals surface area (Å²) in [6, 6.07) is 3.61. The SMILES string of the molecule is Cc1cc(OC(=O)N(C)SN(C)C(=O)ON=C2n3ccnc3SC2(C)C)cc(C)c1C. The van der Waals surface area contributed by atoms with Crippen molar-refractivity contribution in [3.05, 3.63) is 41.2 Å². The largest absolute Gasteiger partial charge is 0.447 e. The fraction of sp³-hybridized carbons (Fsp3) is 0.400. The number of rotatable bonds is 4. The molecule has 0 atom stereocenters. The summed E-state index contributed by atoms with van der Waals surface area (Å²) >= 11 is 2.37. The summed E-state index contributed by atoms with van der Waals surface area (Å²) in [6.07, 6.45) is 2.08. The first-order valence-corrected chi connectivity index (χ1v) is 11.0. The van der Waals surface area contributed by atoms with Crippen molar-refractivity contribution in [2.75, 3.05) is 14.1 Å². The Morgan fingerprint density at radius 1 is 1.13 bits per heavy atom. The summed E-state index contributed by atoms with van der Waals surface area (Å²) in [5.74, 6) is 1.02. The molecule has 1 aliphatic rings. The zero-order chi connectivity index (χ0) is 22.9. The molecule has 0 spiro atoms. The minimum absolute atomic E-state index is 0.388. The summed E-state index contributed by atoms with van der Waals surface area (Å²) in [7, 11) is 2.99. The molecule has 1 aliphatic heterocycles. The standard InChI is InChI=1S/C20H25N5O4S2/c1-12-10-15(11-13(2)14(12)3)28-18(26)23(6)31-24(7)19(27)29-22-16-20(4,5)30-17-21-8-9-25(16)17/h8-11H,1-7H3. The van der Waals surface area contributed by atoms with Crippen LogP contribution in [0.5, 0.6) is 5.75 Å². The highest BCUT2D eigenvalue weighted by Crippen LogP contribution is 2.39. The van der Waals surface area contributed by atoms with Gasteiger partial charge in [0.1, 0.15) is 5.75 Å². The highest BCUT2D eigenvalue weighted by molar-refractivity contribution is 8.01. The van der Waals surface area contributed by atoms with Crippen LogP contribution in [0.3, 0.4) is 0 Å². The summed E-state index contributed by atoms with van der Waals surface area (Å²) in [5, 5.41) is 4.82. The number of hydrogen-bond donors (Lipinski definition) is 0. The monoisotopic (exact) mass is 463 g/mol. The zero-order valence-electron chi connectivity index (χ0n) is 18.5. The molecule has 0 fully saturated rings. The first kappa shape index (κ1) is 23.0. The summed E-state index contributed by atoms with van der Waals surface area (Å²) in [6.45, 7) is 9.87. The number of nitrogens with zero attached hydrogens (tertiary/aromatic N) is 5. The number of ether oxygens (including phenoxy) is 1. The smallest absolute Gasteiger partial charge is 0.410 e. The first-order chi connectivity index (χ1) is 14.5. The lowest BCUT2D eigenvalue weighted by molar-refractivity contribution is 0.135. The molecule has 2 heterocycles. The maximum absolute atomic E-state index is 12.4. The van der Waals surface area contributed by atoms with Crippen LogP contribution in [0, 0.1) is 20.8 Å². The molecule has 31 heavy (non-hydrogen) atoms. The van der Waals surface area contributed by atoms with Gasteiger partial charge in [-0.25, -0.2) is 23.2 Å². The zero-order valence-corrected chi connectivity index (χ0v) is 20.1. The van der Waals surface area contributed by atoms with E-state index in [1.54, 1.807) is 29.1 Å². The van der Waals surface area contributed by atoms with Crippen LogP contribution in [0.25, 0.3) is 0 Å². The van der Waals surface area contributed by atoms with E-state index in [1.165, 1.54) is 30.2 Å².